The molecule has 0 aliphatic heterocycles. The number of hydrogen-bond acceptors (Lipinski definition) is 3. The van der Waals surface area contributed by atoms with Crippen LogP contribution < -0.4 is 4.72 Å². The number of benzene rings is 1. The summed E-state index contributed by atoms with van der Waals surface area (Å²) in [5, 5.41) is 6.65. The summed E-state index contributed by atoms with van der Waals surface area (Å²) in [7, 11) is -4.44. The van der Waals surface area contributed by atoms with Gasteiger partial charge < -0.3 is 5.11 Å². The van der Waals surface area contributed by atoms with Gasteiger partial charge in [-0.2, -0.15) is 0 Å². The van der Waals surface area contributed by atoms with Crippen LogP contribution in [0.15, 0.2) is 12.1 Å². The number of carboxylic acids is 1. The third-order valence-corrected chi connectivity index (χ3v) is 3.71. The van der Waals surface area contributed by atoms with Crippen LogP contribution in [-0.2, 0) is 14.8 Å². The predicted molar refractivity (Wildman–Crippen MR) is 56.0 cm³/mol. The highest BCUT2D eigenvalue weighted by molar-refractivity contribution is 7.94. The second-order valence-corrected chi connectivity index (χ2v) is 5.37. The number of carbonyl (C=O) groups is 1. The van der Waals surface area contributed by atoms with E-state index in [4.69, 9.17) is 5.11 Å². The molecule has 0 radical (unpaired) electrons. The van der Waals surface area contributed by atoms with E-state index in [-0.39, 0.29) is 12.1 Å². The Balaban J connectivity index is 3.13. The molecule has 1 rings (SSSR count). The van der Waals surface area contributed by atoms with Crippen molar-refractivity contribution in [2.24, 2.45) is 0 Å². The molecule has 0 bridgehead atoms. The zero-order valence-electron chi connectivity index (χ0n) is 8.95. The normalized spacial score (nSPS) is 13.1. The lowest BCUT2D eigenvalue weighted by molar-refractivity contribution is -0.136. The number of sulfonamides is 1. The molecule has 1 atom stereocenters. The molecule has 1 aromatic carbocycles. The van der Waals surface area contributed by atoms with E-state index in [0.717, 1.165) is 6.92 Å². The number of hydrogen-bond donors (Lipinski definition) is 2. The van der Waals surface area contributed by atoms with Crippen LogP contribution in [0.3, 0.4) is 0 Å². The molecule has 5 nitrogen and oxygen atoms in total. The summed E-state index contributed by atoms with van der Waals surface area (Å²) in [4.78, 5) is 10.5. The van der Waals surface area contributed by atoms with Crippen LogP contribution in [0.5, 0.6) is 0 Å². The second kappa shape index (κ2) is 4.84. The maximum absolute atomic E-state index is 13.1. The fraction of sp³-hybridized carbons (Fsp3) is 0.222. The van der Waals surface area contributed by atoms with Crippen molar-refractivity contribution in [1.29, 1.82) is 0 Å². The van der Waals surface area contributed by atoms with Crippen molar-refractivity contribution in [1.82, 2.24) is 0 Å². The standard InChI is InChI=1S/C9H8F3NO4S/c1-4(9(14)15)18(16,17)13-8-3-6(11)5(10)2-7(8)12/h2-4,13H,1H3,(H,14,15). The van der Waals surface area contributed by atoms with Gasteiger partial charge in [-0.1, -0.05) is 0 Å². The van der Waals surface area contributed by atoms with Crippen LogP contribution in [0.1, 0.15) is 6.92 Å². The maximum atomic E-state index is 13.1. The first-order chi connectivity index (χ1) is 8.15. The molecule has 1 aromatic rings. The minimum Gasteiger partial charge on any atom is -0.480 e. The fourth-order valence-corrected chi connectivity index (χ4v) is 1.88. The van der Waals surface area contributed by atoms with E-state index in [1.807, 2.05) is 0 Å². The van der Waals surface area contributed by atoms with Gasteiger partial charge in [-0.15, -0.1) is 0 Å². The Labute approximate surface area is 100 Å². The van der Waals surface area contributed by atoms with Crippen LogP contribution in [0.2, 0.25) is 0 Å². The highest BCUT2D eigenvalue weighted by Gasteiger charge is 2.28. The van der Waals surface area contributed by atoms with E-state index in [9.17, 15) is 26.4 Å². The molecule has 0 aromatic heterocycles. The van der Waals surface area contributed by atoms with E-state index >= 15 is 0 Å². The zero-order valence-corrected chi connectivity index (χ0v) is 9.76. The fourth-order valence-electron chi connectivity index (χ4n) is 0.975. The maximum Gasteiger partial charge on any atom is 0.323 e. The summed E-state index contributed by atoms with van der Waals surface area (Å²) in [6, 6.07) is 0.440. The summed E-state index contributed by atoms with van der Waals surface area (Å²) in [6.07, 6.45) is 0. The molecule has 2 N–H and O–H groups in total. The van der Waals surface area contributed by atoms with E-state index in [0.29, 0.717) is 0 Å². The van der Waals surface area contributed by atoms with Gasteiger partial charge in [0.25, 0.3) is 0 Å². The minimum absolute atomic E-state index is 0.151. The lowest BCUT2D eigenvalue weighted by Crippen LogP contribution is -2.32. The van der Waals surface area contributed by atoms with E-state index in [1.165, 1.54) is 0 Å². The van der Waals surface area contributed by atoms with E-state index in [2.05, 4.69) is 0 Å². The van der Waals surface area contributed by atoms with Crippen molar-refractivity contribution in [2.75, 3.05) is 4.72 Å². The molecular formula is C9H8F3NO4S. The Morgan fingerprint density at radius 1 is 1.22 bits per heavy atom. The summed E-state index contributed by atoms with van der Waals surface area (Å²) >= 11 is 0. The van der Waals surface area contributed by atoms with Gasteiger partial charge in [0.05, 0.1) is 5.69 Å². The second-order valence-electron chi connectivity index (χ2n) is 3.37. The smallest absolute Gasteiger partial charge is 0.323 e. The summed E-state index contributed by atoms with van der Waals surface area (Å²) in [5.74, 6) is -5.96. The van der Waals surface area contributed by atoms with Gasteiger partial charge in [0, 0.05) is 12.1 Å². The van der Waals surface area contributed by atoms with Gasteiger partial charge in [0.2, 0.25) is 10.0 Å². The van der Waals surface area contributed by atoms with Gasteiger partial charge in [-0.3, -0.25) is 9.52 Å². The van der Waals surface area contributed by atoms with Crippen molar-refractivity contribution < 1.29 is 31.5 Å². The molecule has 0 spiro atoms. The number of anilines is 1. The number of halogens is 3. The molecule has 0 aliphatic carbocycles. The molecule has 1 unspecified atom stereocenters. The van der Waals surface area contributed by atoms with E-state index in [1.54, 1.807) is 4.72 Å². The number of nitrogens with one attached hydrogen (secondary N) is 1. The topological polar surface area (TPSA) is 83.5 Å². The Morgan fingerprint density at radius 2 is 1.72 bits per heavy atom. The predicted octanol–water partition coefficient (Wildman–Crippen LogP) is 1.32. The number of aliphatic carboxylic acids is 1. The molecule has 100 valence electrons. The van der Waals surface area contributed by atoms with Gasteiger partial charge in [-0.05, 0) is 6.92 Å². The number of carboxylic acid groups (broad SMARTS) is 1. The lowest BCUT2D eigenvalue weighted by Gasteiger charge is -2.12. The molecule has 0 amide bonds. The first-order valence-electron chi connectivity index (χ1n) is 4.54. The Bertz CT molecular complexity index is 588. The SMILES string of the molecule is CC(C(=O)O)S(=O)(=O)Nc1cc(F)c(F)cc1F. The average Bonchev–Trinajstić information content (AvgIpc) is 2.24. The molecule has 0 aliphatic rings. The molecule has 0 saturated carbocycles. The van der Waals surface area contributed by atoms with Crippen molar-refractivity contribution in [3.05, 3.63) is 29.6 Å². The molecular weight excluding hydrogens is 275 g/mol. The Kier molecular flexibility index (Phi) is 3.85. The van der Waals surface area contributed by atoms with Gasteiger partial charge >= 0.3 is 5.97 Å². The third kappa shape index (κ3) is 2.92. The summed E-state index contributed by atoms with van der Waals surface area (Å²) in [5.41, 5.74) is -0.859. The van der Waals surface area contributed by atoms with Gasteiger partial charge in [-0.25, -0.2) is 21.6 Å². The van der Waals surface area contributed by atoms with Gasteiger partial charge in [0.15, 0.2) is 16.9 Å². The van der Waals surface area contributed by atoms with Crippen LogP contribution in [-0.4, -0.2) is 24.7 Å². The monoisotopic (exact) mass is 283 g/mol. The molecule has 9 heteroatoms. The third-order valence-electron chi connectivity index (χ3n) is 2.08. The average molecular weight is 283 g/mol. The largest absolute Gasteiger partial charge is 0.480 e. The highest BCUT2D eigenvalue weighted by Crippen LogP contribution is 2.20. The van der Waals surface area contributed by atoms with Gasteiger partial charge in [0.1, 0.15) is 5.82 Å². The van der Waals surface area contributed by atoms with Crippen molar-refractivity contribution >= 4 is 21.7 Å². The van der Waals surface area contributed by atoms with Crippen LogP contribution in [0.4, 0.5) is 18.9 Å². The van der Waals surface area contributed by atoms with Crippen molar-refractivity contribution in [2.45, 2.75) is 12.2 Å². The summed E-state index contributed by atoms with van der Waals surface area (Å²) in [6.45, 7) is 0.850. The van der Waals surface area contributed by atoms with Crippen molar-refractivity contribution in [3.63, 3.8) is 0 Å². The first-order valence-corrected chi connectivity index (χ1v) is 6.08. The van der Waals surface area contributed by atoms with E-state index < -0.39 is 44.4 Å². The Hall–Kier alpha value is -1.77. The molecule has 0 heterocycles. The molecule has 0 saturated heterocycles. The minimum atomic E-state index is -4.44. The lowest BCUT2D eigenvalue weighted by atomic mass is 10.3. The molecule has 0 fully saturated rings. The van der Waals surface area contributed by atoms with Crippen LogP contribution in [0, 0.1) is 17.5 Å². The van der Waals surface area contributed by atoms with Crippen molar-refractivity contribution in [3.8, 4) is 0 Å². The van der Waals surface area contributed by atoms with Crippen LogP contribution in [0.25, 0.3) is 0 Å². The van der Waals surface area contributed by atoms with Crippen LogP contribution >= 0.6 is 0 Å². The first kappa shape index (κ1) is 14.3. The quantitative estimate of drug-likeness (QED) is 0.816. The Morgan fingerprint density at radius 3 is 2.22 bits per heavy atom. The number of rotatable bonds is 4. The zero-order chi connectivity index (χ0) is 14.1. The molecule has 18 heavy (non-hydrogen) atoms. The summed E-state index contributed by atoms with van der Waals surface area (Å²) < 4.78 is 62.9. The highest BCUT2D eigenvalue weighted by atomic mass is 32.2.